The third kappa shape index (κ3) is 5.50. The van der Waals surface area contributed by atoms with Crippen molar-refractivity contribution in [1.82, 2.24) is 0 Å². The number of benzene rings is 4. The van der Waals surface area contributed by atoms with Crippen LogP contribution in [0, 0.1) is 16.7 Å². The Morgan fingerprint density at radius 2 is 1.45 bits per heavy atom. The van der Waals surface area contributed by atoms with Crippen LogP contribution >= 0.6 is 0 Å². The van der Waals surface area contributed by atoms with Crippen molar-refractivity contribution in [1.29, 1.82) is 0 Å². The summed E-state index contributed by atoms with van der Waals surface area (Å²) in [5.74, 6) is 5.70. The lowest BCUT2D eigenvalue weighted by atomic mass is 9.51. The largest absolute Gasteiger partial charge is 0.504 e. The summed E-state index contributed by atoms with van der Waals surface area (Å²) in [4.78, 5) is 0. The van der Waals surface area contributed by atoms with Crippen molar-refractivity contribution in [3.8, 4) is 40.2 Å². The summed E-state index contributed by atoms with van der Waals surface area (Å²) in [7, 11) is 0. The van der Waals surface area contributed by atoms with Gasteiger partial charge in [0.25, 0.3) is 6.29 Å². The highest BCUT2D eigenvalue weighted by Crippen LogP contribution is 2.62. The van der Waals surface area contributed by atoms with Crippen LogP contribution in [0.2, 0.25) is 0 Å². The Kier molecular flexibility index (Phi) is 7.15. The number of fused-ring (bicyclic) bond motifs is 3. The maximum absolute atomic E-state index is 10.5. The third-order valence-corrected chi connectivity index (χ3v) is 11.9. The number of aryl methyl sites for hydroxylation is 4. The Bertz CT molecular complexity index is 1960. The Labute approximate surface area is 288 Å². The van der Waals surface area contributed by atoms with E-state index in [-0.39, 0.29) is 22.7 Å². The lowest BCUT2D eigenvalue weighted by Gasteiger charge is -2.53. The molecule has 4 aromatic carbocycles. The van der Waals surface area contributed by atoms with Gasteiger partial charge in [0.05, 0.1) is 0 Å². The summed E-state index contributed by atoms with van der Waals surface area (Å²) in [6.07, 6.45) is 8.06. The van der Waals surface area contributed by atoms with Gasteiger partial charge >= 0.3 is 0 Å². The molecule has 2 aliphatic carbocycles. The molecule has 12 rings (SSSR count). The molecular weight excluding hydrogens is 612 g/mol. The number of phenolic OH excluding ortho intramolecular Hbond substituents is 1. The average molecular weight is 657 g/mol. The van der Waals surface area contributed by atoms with Gasteiger partial charge in [-0.25, -0.2) is 0 Å². The fourth-order valence-corrected chi connectivity index (χ4v) is 9.24. The summed E-state index contributed by atoms with van der Waals surface area (Å²) in [6.45, 7) is 7.36. The van der Waals surface area contributed by atoms with Crippen LogP contribution in [0.5, 0.6) is 40.2 Å². The van der Waals surface area contributed by atoms with Crippen molar-refractivity contribution >= 4 is 0 Å². The summed E-state index contributed by atoms with van der Waals surface area (Å²) >= 11 is 0. The van der Waals surface area contributed by atoms with E-state index in [1.807, 2.05) is 42.5 Å². The van der Waals surface area contributed by atoms with Gasteiger partial charge in [-0.15, -0.1) is 0 Å². The van der Waals surface area contributed by atoms with Gasteiger partial charge in [-0.3, -0.25) is 0 Å². The van der Waals surface area contributed by atoms with Crippen LogP contribution in [0.1, 0.15) is 75.1 Å². The first-order chi connectivity index (χ1) is 23.7. The molecule has 4 atom stereocenters. The Balaban J connectivity index is 1.07. The molecule has 6 aliphatic heterocycles. The van der Waals surface area contributed by atoms with E-state index in [1.165, 1.54) is 30.4 Å². The summed E-state index contributed by atoms with van der Waals surface area (Å²) < 4.78 is 33.2. The predicted molar refractivity (Wildman–Crippen MR) is 188 cm³/mol. The zero-order chi connectivity index (χ0) is 33.3. The predicted octanol–water partition coefficient (Wildman–Crippen LogP) is 10.2. The zero-order valence-electron chi connectivity index (χ0n) is 28.6. The molecule has 6 heteroatoms. The van der Waals surface area contributed by atoms with Crippen LogP contribution in [-0.4, -0.2) is 17.5 Å². The minimum atomic E-state index is -0.503. The van der Waals surface area contributed by atoms with Crippen molar-refractivity contribution in [2.24, 2.45) is 16.7 Å². The first-order valence-corrected chi connectivity index (χ1v) is 17.9. The van der Waals surface area contributed by atoms with E-state index < -0.39 is 6.29 Å². The molecule has 1 fully saturated rings. The third-order valence-electron chi connectivity index (χ3n) is 11.9. The monoisotopic (exact) mass is 656 g/mol. The molecule has 0 spiro atoms. The van der Waals surface area contributed by atoms with Crippen molar-refractivity contribution in [2.75, 3.05) is 0 Å². The maximum Gasteiger partial charge on any atom is 0.281 e. The van der Waals surface area contributed by atoms with E-state index in [0.717, 1.165) is 66.7 Å². The fraction of sp³-hybridized carbons (Fsp3) is 0.395. The number of hydrogen-bond donors (Lipinski definition) is 1. The minimum absolute atomic E-state index is 0.126. The second kappa shape index (κ2) is 11.5. The molecule has 1 saturated carbocycles. The smallest absolute Gasteiger partial charge is 0.281 e. The van der Waals surface area contributed by atoms with Crippen LogP contribution in [0.3, 0.4) is 0 Å². The molecule has 0 radical (unpaired) electrons. The van der Waals surface area contributed by atoms with E-state index in [2.05, 4.69) is 51.1 Å². The maximum atomic E-state index is 10.5. The van der Waals surface area contributed by atoms with Crippen molar-refractivity contribution in [3.63, 3.8) is 0 Å². The Morgan fingerprint density at radius 3 is 2.31 bits per heavy atom. The van der Waals surface area contributed by atoms with E-state index >= 15 is 0 Å². The SMILES string of the molecule is CC1(C)CCC[C@]2(C)CC3=C(C[C@@H]12)O[C@@H]1Oc2c4ccc(c2O[C@H]31)Oc1cccc(c1)CCc1ccc(O)c(c1)Oc1ccc(cc1)CC4. The van der Waals surface area contributed by atoms with Gasteiger partial charge in [0.15, 0.2) is 29.1 Å². The number of aromatic hydroxyl groups is 1. The summed E-state index contributed by atoms with van der Waals surface area (Å²) in [6, 6.07) is 26.0. The molecule has 6 nitrogen and oxygen atoms in total. The number of rotatable bonds is 0. The molecule has 1 N–H and O–H groups in total. The topological polar surface area (TPSA) is 66.4 Å². The van der Waals surface area contributed by atoms with Gasteiger partial charge in [0.1, 0.15) is 17.3 Å². The molecule has 0 unspecified atom stereocenters. The Hall–Kier alpha value is -4.58. The quantitative estimate of drug-likeness (QED) is 0.203. The van der Waals surface area contributed by atoms with Crippen LogP contribution in [-0.2, 0) is 30.4 Å². The standard InChI is InChI=1S/C43H44O6/c1-42(2)20-5-21-43(3)25-32-35(24-37(42)43)47-41-39(32)48-40-34-19-15-29(38(40)49-41)14-10-26-11-16-30(17-12-26)45-36-23-28(13-18-33(36)44)9-8-27-6-4-7-31(22-27)46-34/h4,6-7,11-13,15-19,22-23,37,39,41,44H,5,8-10,14,20-21,24-25H2,1-3H3/t37-,39+,41+,43+/m0/s1. The number of phenols is 1. The number of ether oxygens (including phenoxy) is 5. The lowest BCUT2D eigenvalue weighted by Crippen LogP contribution is -2.45. The lowest BCUT2D eigenvalue weighted by molar-refractivity contribution is -0.0982. The fourth-order valence-electron chi connectivity index (χ4n) is 9.24. The first-order valence-electron chi connectivity index (χ1n) is 17.9. The average Bonchev–Trinajstić information content (AvgIpc) is 3.43. The number of hydrogen-bond acceptors (Lipinski definition) is 6. The van der Waals surface area contributed by atoms with Crippen LogP contribution < -0.4 is 18.9 Å². The molecule has 252 valence electrons. The van der Waals surface area contributed by atoms with Gasteiger partial charge in [-0.1, -0.05) is 63.6 Å². The van der Waals surface area contributed by atoms with Crippen LogP contribution in [0.15, 0.2) is 90.2 Å². The van der Waals surface area contributed by atoms with E-state index in [1.54, 1.807) is 6.07 Å². The molecule has 8 aliphatic rings. The molecule has 6 heterocycles. The minimum Gasteiger partial charge on any atom is -0.504 e. The molecule has 0 saturated heterocycles. The van der Waals surface area contributed by atoms with Crippen molar-refractivity contribution in [3.05, 3.63) is 112 Å². The van der Waals surface area contributed by atoms with Gasteiger partial charge in [-0.2, -0.15) is 0 Å². The van der Waals surface area contributed by atoms with Gasteiger partial charge in [0.2, 0.25) is 5.75 Å². The molecule has 4 aromatic rings. The summed E-state index contributed by atoms with van der Waals surface area (Å²) in [5.41, 5.74) is 6.25. The highest BCUT2D eigenvalue weighted by atomic mass is 16.7. The van der Waals surface area contributed by atoms with Gasteiger partial charge in [-0.05, 0) is 126 Å². The van der Waals surface area contributed by atoms with Crippen molar-refractivity contribution < 1.29 is 28.8 Å². The molecule has 8 bridgehead atoms. The van der Waals surface area contributed by atoms with Crippen LogP contribution in [0.25, 0.3) is 0 Å². The van der Waals surface area contributed by atoms with Gasteiger partial charge in [0, 0.05) is 12.0 Å². The van der Waals surface area contributed by atoms with E-state index in [0.29, 0.717) is 34.7 Å². The molecule has 0 amide bonds. The Morgan fingerprint density at radius 1 is 0.673 bits per heavy atom. The first kappa shape index (κ1) is 30.5. The molecule has 49 heavy (non-hydrogen) atoms. The molecule has 0 aromatic heterocycles. The van der Waals surface area contributed by atoms with Crippen LogP contribution in [0.4, 0.5) is 0 Å². The normalized spacial score (nSPS) is 26.4. The second-order valence-corrected chi connectivity index (χ2v) is 15.7. The van der Waals surface area contributed by atoms with Gasteiger partial charge < -0.3 is 28.8 Å². The summed E-state index contributed by atoms with van der Waals surface area (Å²) in [5, 5.41) is 10.5. The second-order valence-electron chi connectivity index (χ2n) is 15.7. The highest BCUT2D eigenvalue weighted by Gasteiger charge is 2.55. The molecular formula is C43H44O6. The van der Waals surface area contributed by atoms with Crippen molar-refractivity contribution in [2.45, 2.75) is 91.0 Å². The van der Waals surface area contributed by atoms with E-state index in [4.69, 9.17) is 23.7 Å². The van der Waals surface area contributed by atoms with E-state index in [9.17, 15) is 5.11 Å². The number of allylic oxidation sites excluding steroid dienone is 1. The highest BCUT2D eigenvalue weighted by molar-refractivity contribution is 5.59. The zero-order valence-corrected chi connectivity index (χ0v) is 28.6.